The Bertz CT molecular complexity index is 940. The third-order valence-electron chi connectivity index (χ3n) is 4.66. The summed E-state index contributed by atoms with van der Waals surface area (Å²) in [6.45, 7) is 2.89. The van der Waals surface area contributed by atoms with Gasteiger partial charge in [-0.15, -0.1) is 0 Å². The molecule has 0 aliphatic carbocycles. The van der Waals surface area contributed by atoms with Crippen molar-refractivity contribution in [3.63, 3.8) is 0 Å². The van der Waals surface area contributed by atoms with Crippen molar-refractivity contribution >= 4 is 23.4 Å². The molecule has 10 heteroatoms. The fraction of sp³-hybridized carbons (Fsp3) is 0.286. The second-order valence-electron chi connectivity index (χ2n) is 6.88. The van der Waals surface area contributed by atoms with Crippen LogP contribution in [0.3, 0.4) is 0 Å². The lowest BCUT2D eigenvalue weighted by atomic mass is 10.1. The summed E-state index contributed by atoms with van der Waals surface area (Å²) >= 11 is 0. The molecule has 1 fully saturated rings. The largest absolute Gasteiger partial charge is 0.453 e. The normalized spacial score (nSPS) is 15.5. The van der Waals surface area contributed by atoms with E-state index in [1.807, 2.05) is 36.4 Å². The van der Waals surface area contributed by atoms with Crippen molar-refractivity contribution in [1.29, 1.82) is 0 Å². The third-order valence-corrected chi connectivity index (χ3v) is 4.66. The molecule has 1 heterocycles. The summed E-state index contributed by atoms with van der Waals surface area (Å²) in [4.78, 5) is 35.4. The topological polar surface area (TPSA) is 125 Å². The minimum absolute atomic E-state index is 0.249. The van der Waals surface area contributed by atoms with Gasteiger partial charge in [-0.25, -0.2) is 4.79 Å². The second-order valence-corrected chi connectivity index (χ2v) is 6.88. The molecule has 3 rings (SSSR count). The van der Waals surface area contributed by atoms with E-state index in [0.29, 0.717) is 32.8 Å². The van der Waals surface area contributed by atoms with Crippen LogP contribution in [0.1, 0.15) is 15.9 Å². The molecule has 0 bridgehead atoms. The summed E-state index contributed by atoms with van der Waals surface area (Å²) in [6, 6.07) is 12.2. The summed E-state index contributed by atoms with van der Waals surface area (Å²) in [6.07, 6.45) is 2.88. The van der Waals surface area contributed by atoms with Crippen LogP contribution >= 0.6 is 0 Å². The lowest BCUT2D eigenvalue weighted by Gasteiger charge is -2.29. The molecule has 0 spiro atoms. The molecule has 1 unspecified atom stereocenters. The van der Waals surface area contributed by atoms with Gasteiger partial charge in [-0.05, 0) is 11.6 Å². The van der Waals surface area contributed by atoms with Crippen LogP contribution in [0.25, 0.3) is 6.08 Å². The van der Waals surface area contributed by atoms with Gasteiger partial charge in [-0.2, -0.15) is 0 Å². The first-order valence-corrected chi connectivity index (χ1v) is 9.60. The number of hydrogen-bond acceptors (Lipinski definition) is 8. The average molecular weight is 427 g/mol. The van der Waals surface area contributed by atoms with Crippen LogP contribution in [-0.2, 0) is 9.47 Å². The minimum Gasteiger partial charge on any atom is -0.453 e. The highest BCUT2D eigenvalue weighted by atomic mass is 16.6. The summed E-state index contributed by atoms with van der Waals surface area (Å²) < 4.78 is 10.9. The number of nitro benzene ring substituents is 2. The van der Waals surface area contributed by atoms with Crippen LogP contribution < -0.4 is 0 Å². The molecular weight excluding hydrogens is 406 g/mol. The summed E-state index contributed by atoms with van der Waals surface area (Å²) in [5.74, 6) is -0.872. The van der Waals surface area contributed by atoms with Crippen LogP contribution in [0, 0.1) is 20.2 Å². The van der Waals surface area contributed by atoms with Gasteiger partial charge < -0.3 is 9.47 Å². The Morgan fingerprint density at radius 2 is 1.68 bits per heavy atom. The zero-order chi connectivity index (χ0) is 22.2. The molecule has 1 aliphatic rings. The number of carbonyl (C=O) groups is 1. The third kappa shape index (κ3) is 6.43. The van der Waals surface area contributed by atoms with E-state index in [9.17, 15) is 25.0 Å². The Labute approximate surface area is 178 Å². The van der Waals surface area contributed by atoms with E-state index in [2.05, 4.69) is 4.90 Å². The van der Waals surface area contributed by atoms with Crippen molar-refractivity contribution in [3.8, 4) is 0 Å². The van der Waals surface area contributed by atoms with Crippen LogP contribution in [0.15, 0.2) is 54.6 Å². The monoisotopic (exact) mass is 427 g/mol. The molecule has 162 valence electrons. The lowest BCUT2D eigenvalue weighted by molar-refractivity contribution is -0.394. The van der Waals surface area contributed by atoms with Crippen molar-refractivity contribution in [3.05, 3.63) is 86.0 Å². The quantitative estimate of drug-likeness (QED) is 0.357. The maximum Gasteiger partial charge on any atom is 0.339 e. The molecule has 2 aromatic carbocycles. The number of ether oxygens (including phenoxy) is 2. The van der Waals surface area contributed by atoms with E-state index < -0.39 is 33.3 Å². The first-order chi connectivity index (χ1) is 14.9. The molecule has 0 saturated carbocycles. The zero-order valence-electron chi connectivity index (χ0n) is 16.6. The molecule has 0 N–H and O–H groups in total. The number of esters is 1. The fourth-order valence-corrected chi connectivity index (χ4v) is 3.09. The Morgan fingerprint density at radius 1 is 1.06 bits per heavy atom. The van der Waals surface area contributed by atoms with Crippen LogP contribution in [0.2, 0.25) is 0 Å². The van der Waals surface area contributed by atoms with E-state index >= 15 is 0 Å². The smallest absolute Gasteiger partial charge is 0.339 e. The predicted octanol–water partition coefficient (Wildman–Crippen LogP) is 3.07. The molecule has 0 amide bonds. The van der Waals surface area contributed by atoms with Gasteiger partial charge in [0.05, 0.1) is 34.7 Å². The standard InChI is InChI=1S/C21H21N3O7/c25-21(17-12-18(23(26)27)14-19(13-17)24(28)29)31-20(15-22-8-10-30-11-9-22)7-6-16-4-2-1-3-5-16/h1-7,12-14,20H,8-11,15H2/b7-6+. The van der Waals surface area contributed by atoms with Crippen molar-refractivity contribution < 1.29 is 24.1 Å². The zero-order valence-corrected chi connectivity index (χ0v) is 16.6. The molecule has 2 aromatic rings. The van der Waals surface area contributed by atoms with E-state index in [0.717, 1.165) is 23.8 Å². The van der Waals surface area contributed by atoms with E-state index in [4.69, 9.17) is 9.47 Å². The van der Waals surface area contributed by atoms with Gasteiger partial charge >= 0.3 is 5.97 Å². The summed E-state index contributed by atoms with van der Waals surface area (Å²) in [5, 5.41) is 22.2. The first-order valence-electron chi connectivity index (χ1n) is 9.60. The number of nitrogens with zero attached hydrogens (tertiary/aromatic N) is 3. The number of non-ortho nitro benzene ring substituents is 2. The highest BCUT2D eigenvalue weighted by Gasteiger charge is 2.24. The molecule has 1 saturated heterocycles. The first kappa shape index (κ1) is 22.1. The second kappa shape index (κ2) is 10.4. The van der Waals surface area contributed by atoms with E-state index in [-0.39, 0.29) is 5.56 Å². The number of benzene rings is 2. The van der Waals surface area contributed by atoms with Gasteiger partial charge in [0.2, 0.25) is 0 Å². The number of nitro groups is 2. The van der Waals surface area contributed by atoms with Crippen LogP contribution in [-0.4, -0.2) is 59.7 Å². The Kier molecular flexibility index (Phi) is 7.41. The molecule has 0 radical (unpaired) electrons. The molecule has 0 aromatic heterocycles. The minimum atomic E-state index is -0.872. The van der Waals surface area contributed by atoms with Crippen molar-refractivity contribution in [2.45, 2.75) is 6.10 Å². The Morgan fingerprint density at radius 3 is 2.26 bits per heavy atom. The summed E-state index contributed by atoms with van der Waals surface area (Å²) in [5.41, 5.74) is -0.436. The van der Waals surface area contributed by atoms with Gasteiger partial charge in [0.1, 0.15) is 6.10 Å². The van der Waals surface area contributed by atoms with Gasteiger partial charge in [0.25, 0.3) is 11.4 Å². The number of hydrogen-bond donors (Lipinski definition) is 0. The van der Waals surface area contributed by atoms with Gasteiger partial charge in [0, 0.05) is 31.8 Å². The van der Waals surface area contributed by atoms with Crippen LogP contribution in [0.5, 0.6) is 0 Å². The van der Waals surface area contributed by atoms with Crippen molar-refractivity contribution in [2.75, 3.05) is 32.8 Å². The highest BCUT2D eigenvalue weighted by molar-refractivity contribution is 5.91. The summed E-state index contributed by atoms with van der Waals surface area (Å²) in [7, 11) is 0. The lowest BCUT2D eigenvalue weighted by Crippen LogP contribution is -2.41. The van der Waals surface area contributed by atoms with E-state index in [1.54, 1.807) is 6.08 Å². The highest BCUT2D eigenvalue weighted by Crippen LogP contribution is 2.23. The van der Waals surface area contributed by atoms with Crippen LogP contribution in [0.4, 0.5) is 11.4 Å². The maximum absolute atomic E-state index is 12.7. The molecule has 1 atom stereocenters. The average Bonchev–Trinajstić information content (AvgIpc) is 2.78. The number of carbonyl (C=O) groups excluding carboxylic acids is 1. The molecule has 10 nitrogen and oxygen atoms in total. The Hall–Kier alpha value is -3.63. The molecule has 31 heavy (non-hydrogen) atoms. The SMILES string of the molecule is O=C(OC(/C=C/c1ccccc1)CN1CCOCC1)c1cc([N+](=O)[O-])cc([N+](=O)[O-])c1. The van der Waals surface area contributed by atoms with Gasteiger partial charge in [-0.1, -0.05) is 36.4 Å². The van der Waals surface area contributed by atoms with Crippen molar-refractivity contribution in [2.24, 2.45) is 0 Å². The maximum atomic E-state index is 12.7. The Balaban J connectivity index is 1.82. The number of morpholine rings is 1. The van der Waals surface area contributed by atoms with Gasteiger partial charge in [0.15, 0.2) is 0 Å². The number of rotatable bonds is 8. The van der Waals surface area contributed by atoms with E-state index in [1.165, 1.54) is 0 Å². The predicted molar refractivity (Wildman–Crippen MR) is 112 cm³/mol. The molecular formula is C21H21N3O7. The van der Waals surface area contributed by atoms with Crippen molar-refractivity contribution in [1.82, 2.24) is 4.90 Å². The molecule has 1 aliphatic heterocycles. The van der Waals surface area contributed by atoms with Gasteiger partial charge in [-0.3, -0.25) is 25.1 Å². The fourth-order valence-electron chi connectivity index (χ4n) is 3.09.